The van der Waals surface area contributed by atoms with Gasteiger partial charge >= 0.3 is 29.9 Å². The Morgan fingerprint density at radius 1 is 1.00 bits per heavy atom. The van der Waals surface area contributed by atoms with Gasteiger partial charge in [-0.15, -0.1) is 0 Å². The van der Waals surface area contributed by atoms with Crippen LogP contribution in [0.15, 0.2) is 0 Å². The van der Waals surface area contributed by atoms with E-state index in [4.69, 9.17) is 4.74 Å². The molecule has 0 N–H and O–H groups in total. The van der Waals surface area contributed by atoms with Crippen molar-refractivity contribution in [3.05, 3.63) is 0 Å². The number of methoxy groups -OCH3 is 1. The Morgan fingerprint density at radius 3 is 1.80 bits per heavy atom. The Bertz CT molecular complexity index is 233. The number of rotatable bonds is 11. The van der Waals surface area contributed by atoms with E-state index in [1.165, 1.54) is 32.8 Å². The summed E-state index contributed by atoms with van der Waals surface area (Å²) in [6, 6.07) is 0. The molecule has 0 spiro atoms. The van der Waals surface area contributed by atoms with Crippen LogP contribution in [0.25, 0.3) is 0 Å². The van der Waals surface area contributed by atoms with Crippen LogP contribution in [0.2, 0.25) is 0 Å². The number of hydrogen-bond donors (Lipinski definition) is 0. The molecule has 0 aliphatic rings. The van der Waals surface area contributed by atoms with Crippen LogP contribution in [0.4, 0.5) is 0 Å². The summed E-state index contributed by atoms with van der Waals surface area (Å²) in [4.78, 5) is 12.2. The van der Waals surface area contributed by atoms with Crippen molar-refractivity contribution >= 4 is 29.9 Å². The van der Waals surface area contributed by atoms with Crippen LogP contribution in [0, 0.1) is 11.3 Å². The van der Waals surface area contributed by atoms with E-state index in [2.05, 4.69) is 27.7 Å². The van der Waals surface area contributed by atoms with Gasteiger partial charge in [-0.2, -0.15) is 0 Å². The zero-order valence-corrected chi connectivity index (χ0v) is 13.8. The Labute approximate surface area is 143 Å². The first-order chi connectivity index (χ1) is 9.05. The summed E-state index contributed by atoms with van der Waals surface area (Å²) in [7, 11) is 1.53. The molecule has 0 amide bonds. The zero-order chi connectivity index (χ0) is 14.7. The summed E-state index contributed by atoms with van der Waals surface area (Å²) in [6.07, 6.45) is 10.3. The molecule has 0 saturated carbocycles. The molecule has 0 aliphatic heterocycles. The van der Waals surface area contributed by atoms with Crippen LogP contribution in [-0.2, 0) is 9.53 Å². The van der Waals surface area contributed by atoms with E-state index in [1.807, 2.05) is 0 Å². The topological polar surface area (TPSA) is 26.3 Å². The molecule has 0 aromatic heterocycles. The van der Waals surface area contributed by atoms with Crippen LogP contribution in [0.3, 0.4) is 0 Å². The molecule has 0 rings (SSSR count). The molecule has 2 nitrogen and oxygen atoms in total. The monoisotopic (exact) mass is 394 g/mol. The first-order valence-corrected chi connectivity index (χ1v) is 8.13. The third-order valence-electron chi connectivity index (χ3n) is 4.38. The number of unbranched alkanes of at least 4 members (excludes halogenated alkanes) is 3. The quantitative estimate of drug-likeness (QED) is 0.393. The fourth-order valence-electron chi connectivity index (χ4n) is 2.94. The minimum atomic E-state index is 0. The van der Waals surface area contributed by atoms with Crippen LogP contribution >= 0.6 is 0 Å². The molecular formula is C17H38O2Sn. The number of ether oxygens (including phenoxy) is 1. The molecule has 1 atom stereocenters. The molecule has 3 heteroatoms. The van der Waals surface area contributed by atoms with Gasteiger partial charge in [-0.1, -0.05) is 66.2 Å². The van der Waals surface area contributed by atoms with Crippen molar-refractivity contribution in [2.24, 2.45) is 11.3 Å². The molecular weight excluding hydrogens is 355 g/mol. The van der Waals surface area contributed by atoms with E-state index in [1.54, 1.807) is 0 Å². The van der Waals surface area contributed by atoms with Crippen molar-refractivity contribution in [2.45, 2.75) is 85.5 Å². The second kappa shape index (κ2) is 13.0. The fourth-order valence-corrected chi connectivity index (χ4v) is 2.94. The summed E-state index contributed by atoms with van der Waals surface area (Å²) in [6.45, 7) is 8.93. The van der Waals surface area contributed by atoms with Gasteiger partial charge in [0, 0.05) is 0 Å². The summed E-state index contributed by atoms with van der Waals surface area (Å²) in [5.41, 5.74) is 0.119. The van der Waals surface area contributed by atoms with Crippen molar-refractivity contribution < 1.29 is 9.53 Å². The second-order valence-corrected chi connectivity index (χ2v) is 6.08. The molecule has 0 radical (unpaired) electrons. The van der Waals surface area contributed by atoms with Gasteiger partial charge in [0.05, 0.1) is 13.0 Å². The summed E-state index contributed by atoms with van der Waals surface area (Å²) >= 11 is 0. The molecule has 0 aromatic carbocycles. The normalized spacial score (nSPS) is 12.7. The molecule has 20 heavy (non-hydrogen) atoms. The molecule has 1 unspecified atom stereocenters. The maximum absolute atomic E-state index is 12.2. The Morgan fingerprint density at radius 2 is 1.45 bits per heavy atom. The molecule has 0 heterocycles. The van der Waals surface area contributed by atoms with Crippen LogP contribution in [-0.4, -0.2) is 37.0 Å². The van der Waals surface area contributed by atoms with Crippen LogP contribution < -0.4 is 0 Å². The van der Waals surface area contributed by atoms with Gasteiger partial charge in [-0.3, -0.25) is 4.79 Å². The third kappa shape index (κ3) is 7.89. The first kappa shape index (κ1) is 22.5. The summed E-state index contributed by atoms with van der Waals surface area (Å²) in [5.74, 6) is 0.0821. The Hall–Kier alpha value is 0.269. The molecule has 0 fully saturated rings. The molecule has 0 aromatic rings. The Balaban J connectivity index is 0. The van der Waals surface area contributed by atoms with E-state index in [0.29, 0.717) is 0 Å². The van der Waals surface area contributed by atoms with Gasteiger partial charge in [0.25, 0.3) is 0 Å². The average Bonchev–Trinajstić information content (AvgIpc) is 2.43. The predicted octanol–water partition coefficient (Wildman–Crippen LogP) is 3.90. The van der Waals surface area contributed by atoms with E-state index in [9.17, 15) is 4.79 Å². The van der Waals surface area contributed by atoms with Crippen molar-refractivity contribution in [1.29, 1.82) is 0 Å². The maximum atomic E-state index is 12.2. The van der Waals surface area contributed by atoms with Gasteiger partial charge in [-0.25, -0.2) is 0 Å². The van der Waals surface area contributed by atoms with Crippen LogP contribution in [0.1, 0.15) is 85.5 Å². The van der Waals surface area contributed by atoms with Crippen molar-refractivity contribution in [2.75, 3.05) is 7.11 Å². The molecule has 0 bridgehead atoms. The van der Waals surface area contributed by atoms with Gasteiger partial charge in [-0.05, 0) is 24.7 Å². The summed E-state index contributed by atoms with van der Waals surface area (Å²) < 4.78 is 5.08. The zero-order valence-electron chi connectivity index (χ0n) is 13.8. The van der Waals surface area contributed by atoms with Crippen molar-refractivity contribution in [1.82, 2.24) is 0 Å². The number of esters is 1. The third-order valence-corrected chi connectivity index (χ3v) is 4.38. The minimum absolute atomic E-state index is 0. The predicted molar refractivity (Wildman–Crippen MR) is 93.5 cm³/mol. The Kier molecular flexibility index (Phi) is 14.6. The van der Waals surface area contributed by atoms with E-state index in [0.717, 1.165) is 32.1 Å². The average molecular weight is 393 g/mol. The van der Waals surface area contributed by atoms with Gasteiger partial charge in [0.1, 0.15) is 0 Å². The molecule has 122 valence electrons. The standard InChI is InChI=1S/C17H34O2.Sn.4H/c1-6-9-12-15(16(18)19-5)17(4,13-10-7-2)14-11-8-3;;;;;/h15H,6-14H2,1-5H3;;;;;. The number of hydrogen-bond acceptors (Lipinski definition) is 2. The summed E-state index contributed by atoms with van der Waals surface area (Å²) in [5, 5.41) is 0. The van der Waals surface area contributed by atoms with E-state index >= 15 is 0 Å². The van der Waals surface area contributed by atoms with Gasteiger partial charge in [0.15, 0.2) is 0 Å². The van der Waals surface area contributed by atoms with Crippen LogP contribution in [0.5, 0.6) is 0 Å². The number of carbonyl (C=O) groups excluding carboxylic acids is 1. The second-order valence-electron chi connectivity index (χ2n) is 6.08. The van der Waals surface area contributed by atoms with Gasteiger partial charge < -0.3 is 4.74 Å². The SMILES string of the molecule is CCCCC(C(=O)OC)C(C)(CCCC)CCCC.[SnH4]. The first-order valence-electron chi connectivity index (χ1n) is 8.13. The van der Waals surface area contributed by atoms with E-state index < -0.39 is 0 Å². The van der Waals surface area contributed by atoms with E-state index in [-0.39, 0.29) is 41.2 Å². The van der Waals surface area contributed by atoms with Crippen molar-refractivity contribution in [3.8, 4) is 0 Å². The van der Waals surface area contributed by atoms with Crippen molar-refractivity contribution in [3.63, 3.8) is 0 Å². The fraction of sp³-hybridized carbons (Fsp3) is 0.941. The number of carbonyl (C=O) groups is 1. The molecule has 0 aliphatic carbocycles. The molecule has 0 saturated heterocycles. The van der Waals surface area contributed by atoms with Gasteiger partial charge in [0.2, 0.25) is 0 Å².